The van der Waals surface area contributed by atoms with E-state index in [9.17, 15) is 18.0 Å². The summed E-state index contributed by atoms with van der Waals surface area (Å²) in [5.41, 5.74) is 0. The summed E-state index contributed by atoms with van der Waals surface area (Å²) in [7, 11) is -3.69. The van der Waals surface area contributed by atoms with Gasteiger partial charge in [-0.1, -0.05) is 18.2 Å². The molecule has 2 bridgehead atoms. The number of benzene rings is 1. The molecule has 0 unspecified atom stereocenters. The highest BCUT2D eigenvalue weighted by molar-refractivity contribution is 7.92. The standard InChI is InChI=1S/C17H18O6S/c1-2-22-16(18)13-11-8-10-12(13)17(19)23-14(10)15(11)24(20,21)9-6-4-3-5-7-9/h3-7,10-15H,2,8H2,1H3/t10-,11-,12+,13-,14+,15+/m1/s1. The van der Waals surface area contributed by atoms with Crippen LogP contribution in [-0.2, 0) is 28.9 Å². The number of carbonyl (C=O) groups is 2. The maximum atomic E-state index is 13.1. The topological polar surface area (TPSA) is 86.7 Å². The van der Waals surface area contributed by atoms with Crippen LogP contribution in [0, 0.1) is 23.7 Å². The van der Waals surface area contributed by atoms with Crippen molar-refractivity contribution in [1.82, 2.24) is 0 Å². The third kappa shape index (κ3) is 1.97. The normalized spacial score (nSPS) is 36.6. The number of esters is 2. The Hall–Kier alpha value is -1.89. The van der Waals surface area contributed by atoms with Gasteiger partial charge in [-0.25, -0.2) is 8.42 Å². The van der Waals surface area contributed by atoms with E-state index in [1.807, 2.05) is 0 Å². The minimum atomic E-state index is -3.69. The number of hydrogen-bond acceptors (Lipinski definition) is 6. The molecule has 0 spiro atoms. The van der Waals surface area contributed by atoms with Crippen molar-refractivity contribution in [2.24, 2.45) is 23.7 Å². The molecular formula is C17H18O6S. The summed E-state index contributed by atoms with van der Waals surface area (Å²) < 4.78 is 36.7. The zero-order valence-corrected chi connectivity index (χ0v) is 13.9. The van der Waals surface area contributed by atoms with Crippen LogP contribution in [0.2, 0.25) is 0 Å². The van der Waals surface area contributed by atoms with E-state index in [0.29, 0.717) is 6.42 Å². The first-order valence-corrected chi connectivity index (χ1v) is 9.67. The van der Waals surface area contributed by atoms with Crippen molar-refractivity contribution in [2.45, 2.75) is 29.6 Å². The second-order valence-electron chi connectivity index (χ2n) is 6.59. The van der Waals surface area contributed by atoms with E-state index in [-0.39, 0.29) is 17.4 Å². The second-order valence-corrected chi connectivity index (χ2v) is 8.70. The number of ether oxygens (including phenoxy) is 2. The highest BCUT2D eigenvalue weighted by Crippen LogP contribution is 2.60. The third-order valence-corrected chi connectivity index (χ3v) is 7.80. The largest absolute Gasteiger partial charge is 0.466 e. The SMILES string of the molecule is CCOC(=O)[C@@H]1[C@H]2C[C@H]3[C@H](OC(=O)[C@@H]31)[C@H]2S(=O)(=O)c1ccccc1. The van der Waals surface area contributed by atoms with Crippen molar-refractivity contribution >= 4 is 21.8 Å². The van der Waals surface area contributed by atoms with Gasteiger partial charge in [0.1, 0.15) is 11.4 Å². The van der Waals surface area contributed by atoms with Gasteiger partial charge in [-0.05, 0) is 31.4 Å². The van der Waals surface area contributed by atoms with E-state index in [2.05, 4.69) is 0 Å². The lowest BCUT2D eigenvalue weighted by Gasteiger charge is -2.30. The minimum Gasteiger partial charge on any atom is -0.466 e. The first kappa shape index (κ1) is 15.6. The fourth-order valence-corrected chi connectivity index (χ4v) is 6.93. The highest BCUT2D eigenvalue weighted by atomic mass is 32.2. The zero-order valence-electron chi connectivity index (χ0n) is 13.1. The molecule has 2 saturated carbocycles. The molecule has 0 radical (unpaired) electrons. The van der Waals surface area contributed by atoms with Crippen LogP contribution in [-0.4, -0.2) is 38.3 Å². The first-order chi connectivity index (χ1) is 11.5. The van der Waals surface area contributed by atoms with E-state index in [1.165, 1.54) is 12.1 Å². The fourth-order valence-electron chi connectivity index (χ4n) is 4.73. The van der Waals surface area contributed by atoms with Gasteiger partial charge in [0, 0.05) is 5.92 Å². The van der Waals surface area contributed by atoms with Crippen molar-refractivity contribution < 1.29 is 27.5 Å². The van der Waals surface area contributed by atoms with Crippen molar-refractivity contribution in [1.29, 1.82) is 0 Å². The lowest BCUT2D eigenvalue weighted by molar-refractivity contribution is -0.155. The number of rotatable bonds is 4. The monoisotopic (exact) mass is 350 g/mol. The molecule has 7 heteroatoms. The van der Waals surface area contributed by atoms with E-state index in [1.54, 1.807) is 25.1 Å². The summed E-state index contributed by atoms with van der Waals surface area (Å²) in [5, 5.41) is -0.873. The Bertz CT molecular complexity index is 787. The molecule has 24 heavy (non-hydrogen) atoms. The third-order valence-electron chi connectivity index (χ3n) is 5.53. The minimum absolute atomic E-state index is 0.199. The molecule has 1 aromatic carbocycles. The molecule has 6 nitrogen and oxygen atoms in total. The maximum absolute atomic E-state index is 13.1. The summed E-state index contributed by atoms with van der Waals surface area (Å²) in [5.74, 6) is -2.86. The van der Waals surface area contributed by atoms with E-state index in [4.69, 9.17) is 9.47 Å². The van der Waals surface area contributed by atoms with Crippen LogP contribution < -0.4 is 0 Å². The van der Waals surface area contributed by atoms with Gasteiger partial charge in [-0.15, -0.1) is 0 Å². The molecule has 0 aromatic heterocycles. The molecule has 3 fully saturated rings. The summed E-state index contributed by atoms with van der Waals surface area (Å²) in [6, 6.07) is 8.13. The fraction of sp³-hybridized carbons (Fsp3) is 0.529. The molecule has 4 rings (SSSR count). The van der Waals surface area contributed by atoms with Crippen LogP contribution in [0.3, 0.4) is 0 Å². The quantitative estimate of drug-likeness (QED) is 0.759. The van der Waals surface area contributed by atoms with Crippen molar-refractivity contribution in [3.05, 3.63) is 30.3 Å². The molecular weight excluding hydrogens is 332 g/mol. The number of hydrogen-bond donors (Lipinski definition) is 0. The lowest BCUT2D eigenvalue weighted by atomic mass is 9.80. The Kier molecular flexibility index (Phi) is 3.46. The Labute approximate surface area is 140 Å². The van der Waals surface area contributed by atoms with E-state index >= 15 is 0 Å². The molecule has 1 saturated heterocycles. The number of fused-ring (bicyclic) bond motifs is 1. The van der Waals surface area contributed by atoms with E-state index in [0.717, 1.165) is 0 Å². The van der Waals surface area contributed by atoms with Crippen LogP contribution in [0.4, 0.5) is 0 Å². The van der Waals surface area contributed by atoms with Gasteiger partial charge in [0.2, 0.25) is 0 Å². The van der Waals surface area contributed by atoms with Crippen LogP contribution in [0.15, 0.2) is 35.2 Å². The maximum Gasteiger partial charge on any atom is 0.310 e. The lowest BCUT2D eigenvalue weighted by Crippen LogP contribution is -2.45. The average Bonchev–Trinajstić information content (AvgIpc) is 3.17. The summed E-state index contributed by atoms with van der Waals surface area (Å²) in [6.07, 6.45) is -0.134. The van der Waals surface area contributed by atoms with Crippen LogP contribution in [0.25, 0.3) is 0 Å². The first-order valence-electron chi connectivity index (χ1n) is 8.13. The highest BCUT2D eigenvalue weighted by Gasteiger charge is 2.71. The van der Waals surface area contributed by atoms with Gasteiger partial charge in [-0.2, -0.15) is 0 Å². The van der Waals surface area contributed by atoms with Gasteiger partial charge in [0.15, 0.2) is 9.84 Å². The van der Waals surface area contributed by atoms with E-state index < -0.39 is 50.9 Å². The van der Waals surface area contributed by atoms with Crippen LogP contribution >= 0.6 is 0 Å². The molecule has 6 atom stereocenters. The Morgan fingerprint density at radius 2 is 1.96 bits per heavy atom. The van der Waals surface area contributed by atoms with Crippen molar-refractivity contribution in [2.75, 3.05) is 6.61 Å². The number of sulfone groups is 1. The van der Waals surface area contributed by atoms with Crippen molar-refractivity contribution in [3.63, 3.8) is 0 Å². The zero-order chi connectivity index (χ0) is 17.1. The van der Waals surface area contributed by atoms with Gasteiger partial charge in [-0.3, -0.25) is 9.59 Å². The summed E-state index contributed by atoms with van der Waals surface area (Å²) >= 11 is 0. The number of carbonyl (C=O) groups excluding carboxylic acids is 2. The Morgan fingerprint density at radius 3 is 2.62 bits per heavy atom. The summed E-state index contributed by atoms with van der Waals surface area (Å²) in [4.78, 5) is 24.7. The van der Waals surface area contributed by atoms with Gasteiger partial charge < -0.3 is 9.47 Å². The molecule has 3 aliphatic rings. The predicted octanol–water partition coefficient (Wildman–Crippen LogP) is 1.20. The van der Waals surface area contributed by atoms with Crippen LogP contribution in [0.1, 0.15) is 13.3 Å². The van der Waals surface area contributed by atoms with Crippen molar-refractivity contribution in [3.8, 4) is 0 Å². The average molecular weight is 350 g/mol. The van der Waals surface area contributed by atoms with Gasteiger partial charge in [0.25, 0.3) is 0 Å². The Morgan fingerprint density at radius 1 is 1.25 bits per heavy atom. The summed E-state index contributed by atoms with van der Waals surface area (Å²) in [6.45, 7) is 1.90. The molecule has 0 N–H and O–H groups in total. The van der Waals surface area contributed by atoms with Crippen LogP contribution in [0.5, 0.6) is 0 Å². The molecule has 2 aliphatic carbocycles. The molecule has 128 valence electrons. The Balaban J connectivity index is 1.76. The predicted molar refractivity (Wildman–Crippen MR) is 82.5 cm³/mol. The smallest absolute Gasteiger partial charge is 0.310 e. The van der Waals surface area contributed by atoms with Gasteiger partial charge in [0.05, 0.1) is 23.3 Å². The molecule has 1 aliphatic heterocycles. The molecule has 1 aromatic rings. The van der Waals surface area contributed by atoms with Gasteiger partial charge >= 0.3 is 11.9 Å². The molecule has 1 heterocycles. The molecule has 0 amide bonds. The second kappa shape index (κ2) is 5.31.